The van der Waals surface area contributed by atoms with Crippen molar-refractivity contribution in [2.45, 2.75) is 39.0 Å². The van der Waals surface area contributed by atoms with Crippen molar-refractivity contribution in [2.75, 3.05) is 13.2 Å². The molecule has 1 heterocycles. The normalized spacial score (nSPS) is 13.7. The fourth-order valence-electron chi connectivity index (χ4n) is 3.26. The third kappa shape index (κ3) is 5.23. The minimum atomic E-state index is -0.830. The summed E-state index contributed by atoms with van der Waals surface area (Å²) in [4.78, 5) is 24.5. The summed E-state index contributed by atoms with van der Waals surface area (Å²) in [5.41, 5.74) is 1.18. The van der Waals surface area contributed by atoms with E-state index in [0.717, 1.165) is 19.3 Å². The largest absolute Gasteiger partial charge is 0.452 e. The minimum Gasteiger partial charge on any atom is -0.452 e. The van der Waals surface area contributed by atoms with Crippen LogP contribution in [0.15, 0.2) is 34.4 Å². The van der Waals surface area contributed by atoms with Crippen LogP contribution in [0.2, 0.25) is 5.02 Å². The van der Waals surface area contributed by atoms with Gasteiger partial charge >= 0.3 is 5.97 Å². The highest BCUT2D eigenvalue weighted by Crippen LogP contribution is 2.33. The molecule has 0 spiro atoms. The van der Waals surface area contributed by atoms with Gasteiger partial charge in [0.25, 0.3) is 5.91 Å². The number of nitrogens with zero attached hydrogens (tertiary/aromatic N) is 1. The predicted molar refractivity (Wildman–Crippen MR) is 106 cm³/mol. The van der Waals surface area contributed by atoms with Gasteiger partial charge in [0.15, 0.2) is 6.61 Å². The number of aromatic nitrogens is 1. The predicted octanol–water partition coefficient (Wildman–Crippen LogP) is 4.61. The Hall–Kier alpha value is -2.67. The van der Waals surface area contributed by atoms with E-state index in [9.17, 15) is 14.0 Å². The Morgan fingerprint density at radius 2 is 2.17 bits per heavy atom. The third-order valence-corrected chi connectivity index (χ3v) is 5.07. The first kappa shape index (κ1) is 21.0. The van der Waals surface area contributed by atoms with Gasteiger partial charge in [0.1, 0.15) is 22.8 Å². The molecule has 1 aromatic carbocycles. The van der Waals surface area contributed by atoms with E-state index in [2.05, 4.69) is 16.5 Å². The molecule has 8 heteroatoms. The van der Waals surface area contributed by atoms with Gasteiger partial charge in [-0.15, -0.1) is 0 Å². The topological polar surface area (TPSA) is 81.4 Å². The van der Waals surface area contributed by atoms with E-state index in [1.54, 1.807) is 0 Å². The number of carbonyl (C=O) groups excluding carboxylic acids is 2. The van der Waals surface area contributed by atoms with Crippen LogP contribution in [0.3, 0.4) is 0 Å². The standard InChI is InChI=1S/C21H22ClFN2O4/c1-13-18(20(25-29-13)19-15(22)8-5-9-16(19)23)21(27)28-12-17(26)24-11-10-14-6-3-2-4-7-14/h5-6,8-9H,2-4,7,10-12H2,1H3,(H,24,26). The second-order valence-corrected chi connectivity index (χ2v) is 7.25. The zero-order valence-corrected chi connectivity index (χ0v) is 16.9. The molecule has 0 atom stereocenters. The Bertz CT molecular complexity index is 919. The molecule has 0 radical (unpaired) electrons. The van der Waals surface area contributed by atoms with E-state index in [4.69, 9.17) is 20.9 Å². The van der Waals surface area contributed by atoms with Crippen molar-refractivity contribution in [2.24, 2.45) is 0 Å². The second-order valence-electron chi connectivity index (χ2n) is 6.84. The molecule has 0 fully saturated rings. The van der Waals surface area contributed by atoms with E-state index in [0.29, 0.717) is 6.54 Å². The van der Waals surface area contributed by atoms with Crippen molar-refractivity contribution in [3.05, 3.63) is 52.0 Å². The number of nitrogens with one attached hydrogen (secondary N) is 1. The maximum Gasteiger partial charge on any atom is 0.344 e. The number of ether oxygens (including phenoxy) is 1. The number of amides is 1. The zero-order chi connectivity index (χ0) is 20.8. The molecule has 1 N–H and O–H groups in total. The summed E-state index contributed by atoms with van der Waals surface area (Å²) < 4.78 is 24.3. The van der Waals surface area contributed by atoms with Crippen LogP contribution < -0.4 is 5.32 Å². The van der Waals surface area contributed by atoms with Crippen LogP contribution >= 0.6 is 11.6 Å². The van der Waals surface area contributed by atoms with Crippen molar-refractivity contribution in [3.8, 4) is 11.3 Å². The van der Waals surface area contributed by atoms with E-state index in [1.807, 2.05) is 0 Å². The van der Waals surface area contributed by atoms with Gasteiger partial charge in [0.05, 0.1) is 10.6 Å². The van der Waals surface area contributed by atoms with Crippen LogP contribution in [0.4, 0.5) is 4.39 Å². The van der Waals surface area contributed by atoms with E-state index >= 15 is 0 Å². The first-order chi connectivity index (χ1) is 14.0. The highest BCUT2D eigenvalue weighted by molar-refractivity contribution is 6.33. The first-order valence-electron chi connectivity index (χ1n) is 9.49. The lowest BCUT2D eigenvalue weighted by Gasteiger charge is -2.13. The zero-order valence-electron chi connectivity index (χ0n) is 16.1. The summed E-state index contributed by atoms with van der Waals surface area (Å²) in [6.45, 7) is 1.54. The van der Waals surface area contributed by atoms with Crippen LogP contribution in [-0.4, -0.2) is 30.2 Å². The average Bonchev–Trinajstić information content (AvgIpc) is 3.08. The number of hydrogen-bond donors (Lipinski definition) is 1. The Labute approximate surface area is 173 Å². The highest BCUT2D eigenvalue weighted by Gasteiger charge is 2.27. The molecule has 0 bridgehead atoms. The molecule has 6 nitrogen and oxygen atoms in total. The van der Waals surface area contributed by atoms with Crippen LogP contribution in [0.25, 0.3) is 11.3 Å². The number of esters is 1. The molecule has 1 aromatic heterocycles. The SMILES string of the molecule is Cc1onc(-c2c(F)cccc2Cl)c1C(=O)OCC(=O)NCCC1=CCCCC1. The minimum absolute atomic E-state index is 0.0526. The van der Waals surface area contributed by atoms with E-state index in [-0.39, 0.29) is 27.6 Å². The fraction of sp³-hybridized carbons (Fsp3) is 0.381. The number of carbonyl (C=O) groups is 2. The maximum absolute atomic E-state index is 14.2. The number of allylic oxidation sites excluding steroid dienone is 1. The maximum atomic E-state index is 14.2. The molecule has 3 rings (SSSR count). The number of halogens is 2. The summed E-state index contributed by atoms with van der Waals surface area (Å²) in [5, 5.41) is 6.57. The highest BCUT2D eigenvalue weighted by atomic mass is 35.5. The van der Waals surface area contributed by atoms with Gasteiger partial charge in [0.2, 0.25) is 0 Å². The second kappa shape index (κ2) is 9.69. The summed E-state index contributed by atoms with van der Waals surface area (Å²) in [6, 6.07) is 4.13. The first-order valence-corrected chi connectivity index (χ1v) is 9.87. The van der Waals surface area contributed by atoms with Gasteiger partial charge < -0.3 is 14.6 Å². The number of benzene rings is 1. The van der Waals surface area contributed by atoms with Gasteiger partial charge in [-0.1, -0.05) is 34.5 Å². The van der Waals surface area contributed by atoms with E-state index < -0.39 is 24.3 Å². The Balaban J connectivity index is 1.59. The molecular formula is C21H22ClFN2O4. The fourth-order valence-corrected chi connectivity index (χ4v) is 3.51. The van der Waals surface area contributed by atoms with Crippen molar-refractivity contribution in [3.63, 3.8) is 0 Å². The summed E-state index contributed by atoms with van der Waals surface area (Å²) in [5.74, 6) is -1.74. The molecule has 1 aliphatic carbocycles. The third-order valence-electron chi connectivity index (χ3n) is 4.75. The Morgan fingerprint density at radius 1 is 1.34 bits per heavy atom. The summed E-state index contributed by atoms with van der Waals surface area (Å²) >= 11 is 6.06. The van der Waals surface area contributed by atoms with Gasteiger partial charge in [-0.05, 0) is 51.2 Å². The van der Waals surface area contributed by atoms with Crippen molar-refractivity contribution < 1.29 is 23.2 Å². The number of rotatable bonds is 7. The average molecular weight is 421 g/mol. The van der Waals surface area contributed by atoms with Crippen LogP contribution in [0.5, 0.6) is 0 Å². The molecule has 0 unspecified atom stereocenters. The lowest BCUT2D eigenvalue weighted by Crippen LogP contribution is -2.30. The molecule has 0 aliphatic heterocycles. The van der Waals surface area contributed by atoms with Gasteiger partial charge in [-0.25, -0.2) is 9.18 Å². The molecule has 29 heavy (non-hydrogen) atoms. The lowest BCUT2D eigenvalue weighted by molar-refractivity contribution is -0.124. The molecular weight excluding hydrogens is 399 g/mol. The number of hydrogen-bond acceptors (Lipinski definition) is 5. The summed E-state index contributed by atoms with van der Waals surface area (Å²) in [7, 11) is 0. The monoisotopic (exact) mass is 420 g/mol. The van der Waals surface area contributed by atoms with Crippen LogP contribution in [-0.2, 0) is 9.53 Å². The van der Waals surface area contributed by atoms with Crippen LogP contribution in [0, 0.1) is 12.7 Å². The van der Waals surface area contributed by atoms with Gasteiger partial charge in [-0.3, -0.25) is 4.79 Å². The smallest absolute Gasteiger partial charge is 0.344 e. The Morgan fingerprint density at radius 3 is 2.90 bits per heavy atom. The molecule has 1 aliphatic rings. The van der Waals surface area contributed by atoms with Crippen molar-refractivity contribution >= 4 is 23.5 Å². The van der Waals surface area contributed by atoms with Gasteiger partial charge in [0, 0.05) is 6.54 Å². The lowest BCUT2D eigenvalue weighted by atomic mass is 9.97. The van der Waals surface area contributed by atoms with Gasteiger partial charge in [-0.2, -0.15) is 0 Å². The van der Waals surface area contributed by atoms with Crippen LogP contribution in [0.1, 0.15) is 48.2 Å². The molecule has 154 valence electrons. The molecule has 0 saturated heterocycles. The quantitative estimate of drug-likeness (QED) is 0.522. The van der Waals surface area contributed by atoms with Crippen molar-refractivity contribution in [1.29, 1.82) is 0 Å². The van der Waals surface area contributed by atoms with Crippen molar-refractivity contribution in [1.82, 2.24) is 10.5 Å². The summed E-state index contributed by atoms with van der Waals surface area (Å²) in [6.07, 6.45) is 7.57. The van der Waals surface area contributed by atoms with E-state index in [1.165, 1.54) is 43.5 Å². The molecule has 0 saturated carbocycles. The molecule has 1 amide bonds. The number of aryl methyl sites for hydroxylation is 1. The molecule has 2 aromatic rings. The Kier molecular flexibility index (Phi) is 7.04.